The third kappa shape index (κ3) is 5.24. The van der Waals surface area contributed by atoms with Crippen LogP contribution in [0.15, 0.2) is 60.7 Å². The van der Waals surface area contributed by atoms with Crippen molar-refractivity contribution in [3.8, 4) is 11.4 Å². The second-order valence-electron chi connectivity index (χ2n) is 8.01. The van der Waals surface area contributed by atoms with Gasteiger partial charge in [0.05, 0.1) is 6.04 Å². The molecule has 0 aliphatic carbocycles. The summed E-state index contributed by atoms with van der Waals surface area (Å²) in [6, 6.07) is 17.9. The lowest BCUT2D eigenvalue weighted by molar-refractivity contribution is 0.0650. The molecule has 0 bridgehead atoms. The molecule has 1 aliphatic rings. The van der Waals surface area contributed by atoms with Gasteiger partial charge >= 0.3 is 0 Å². The van der Waals surface area contributed by atoms with Gasteiger partial charge in [-0.05, 0) is 36.8 Å². The third-order valence-corrected chi connectivity index (χ3v) is 5.41. The van der Waals surface area contributed by atoms with Gasteiger partial charge in [-0.3, -0.25) is 9.69 Å². The van der Waals surface area contributed by atoms with Crippen LogP contribution in [0.4, 0.5) is 0 Å². The van der Waals surface area contributed by atoms with Crippen molar-refractivity contribution in [1.82, 2.24) is 30.0 Å². The highest BCUT2D eigenvalue weighted by Crippen LogP contribution is 2.17. The first-order valence-corrected chi connectivity index (χ1v) is 10.7. The van der Waals surface area contributed by atoms with Crippen molar-refractivity contribution in [2.75, 3.05) is 32.7 Å². The summed E-state index contributed by atoms with van der Waals surface area (Å²) >= 11 is 0. The van der Waals surface area contributed by atoms with Crippen LogP contribution in [0.2, 0.25) is 0 Å². The van der Waals surface area contributed by atoms with E-state index >= 15 is 0 Å². The number of nitrogens with zero attached hydrogens (tertiary/aromatic N) is 6. The fraction of sp³-hybridized carbons (Fsp3) is 0.333. The maximum absolute atomic E-state index is 12.9. The van der Waals surface area contributed by atoms with E-state index in [-0.39, 0.29) is 11.9 Å². The van der Waals surface area contributed by atoms with E-state index in [1.54, 1.807) is 4.80 Å². The molecule has 1 saturated heterocycles. The van der Waals surface area contributed by atoms with Gasteiger partial charge in [-0.1, -0.05) is 54.6 Å². The summed E-state index contributed by atoms with van der Waals surface area (Å²) in [4.78, 5) is 18.8. The molecule has 0 N–H and O–H groups in total. The average Bonchev–Trinajstić information content (AvgIpc) is 3.31. The number of amides is 1. The normalized spacial score (nSPS) is 15.1. The molecule has 0 spiro atoms. The van der Waals surface area contributed by atoms with Crippen molar-refractivity contribution in [1.29, 1.82) is 0 Å². The average molecular weight is 417 g/mol. The molecule has 0 unspecified atom stereocenters. The molecule has 1 aliphatic heterocycles. The molecule has 4 rings (SSSR count). The van der Waals surface area contributed by atoms with Gasteiger partial charge in [-0.25, -0.2) is 0 Å². The molecule has 7 heteroatoms. The Labute approximate surface area is 183 Å². The van der Waals surface area contributed by atoms with Gasteiger partial charge in [0.2, 0.25) is 5.82 Å². The first kappa shape index (κ1) is 20.9. The Balaban J connectivity index is 1.29. The molecule has 7 nitrogen and oxygen atoms in total. The van der Waals surface area contributed by atoms with Gasteiger partial charge in [0, 0.05) is 43.9 Å². The Morgan fingerprint density at radius 3 is 2.35 bits per heavy atom. The molecule has 31 heavy (non-hydrogen) atoms. The lowest BCUT2D eigenvalue weighted by Crippen LogP contribution is -2.48. The van der Waals surface area contributed by atoms with Crippen LogP contribution in [0, 0.1) is 0 Å². The second kappa shape index (κ2) is 9.66. The van der Waals surface area contributed by atoms with Crippen molar-refractivity contribution in [3.05, 3.63) is 71.8 Å². The van der Waals surface area contributed by atoms with E-state index in [0.717, 1.165) is 38.3 Å². The van der Waals surface area contributed by atoms with E-state index in [1.165, 1.54) is 5.56 Å². The number of benzene rings is 2. The number of rotatable bonds is 6. The standard InChI is InChI=1S/C24H28N6O/c1-19(2)30-26-23(25-27-30)21-10-12-22(13-11-21)24(31)29-17-15-28(16-18-29)14-6-9-20-7-4-3-5-8-20/h3-13,19H,14-18H2,1-2H3. The number of tetrazole rings is 1. The fourth-order valence-electron chi connectivity index (χ4n) is 3.54. The molecule has 2 aromatic carbocycles. The Hall–Kier alpha value is -3.32. The van der Waals surface area contributed by atoms with E-state index in [1.807, 2.05) is 61.2 Å². The molecule has 1 fully saturated rings. The highest BCUT2D eigenvalue weighted by atomic mass is 16.2. The Morgan fingerprint density at radius 2 is 1.71 bits per heavy atom. The zero-order valence-electron chi connectivity index (χ0n) is 18.1. The Bertz CT molecular complexity index is 1020. The van der Waals surface area contributed by atoms with Crippen molar-refractivity contribution in [3.63, 3.8) is 0 Å². The van der Waals surface area contributed by atoms with Gasteiger partial charge < -0.3 is 4.90 Å². The SMILES string of the molecule is CC(C)n1nnc(-c2ccc(C(=O)N3CCN(CC=Cc4ccccc4)CC3)cc2)n1. The van der Waals surface area contributed by atoms with Gasteiger partial charge in [0.1, 0.15) is 0 Å². The van der Waals surface area contributed by atoms with Crippen LogP contribution in [0.3, 0.4) is 0 Å². The Morgan fingerprint density at radius 1 is 1.00 bits per heavy atom. The van der Waals surface area contributed by atoms with Crippen LogP contribution in [0.5, 0.6) is 0 Å². The number of carbonyl (C=O) groups excluding carboxylic acids is 1. The van der Waals surface area contributed by atoms with Crippen molar-refractivity contribution in [2.24, 2.45) is 0 Å². The van der Waals surface area contributed by atoms with E-state index in [2.05, 4.69) is 44.6 Å². The van der Waals surface area contributed by atoms with Crippen molar-refractivity contribution in [2.45, 2.75) is 19.9 Å². The maximum Gasteiger partial charge on any atom is 0.253 e. The van der Waals surface area contributed by atoms with Crippen LogP contribution in [-0.4, -0.2) is 68.6 Å². The zero-order chi connectivity index (χ0) is 21.6. The van der Waals surface area contributed by atoms with Crippen LogP contribution in [0.25, 0.3) is 17.5 Å². The smallest absolute Gasteiger partial charge is 0.253 e. The zero-order valence-corrected chi connectivity index (χ0v) is 18.1. The first-order valence-electron chi connectivity index (χ1n) is 10.7. The number of hydrogen-bond donors (Lipinski definition) is 0. The summed E-state index contributed by atoms with van der Waals surface area (Å²) in [5.41, 5.74) is 2.76. The van der Waals surface area contributed by atoms with E-state index in [9.17, 15) is 4.79 Å². The van der Waals surface area contributed by atoms with Gasteiger partial charge in [-0.2, -0.15) is 4.80 Å². The van der Waals surface area contributed by atoms with Crippen molar-refractivity contribution < 1.29 is 4.79 Å². The van der Waals surface area contributed by atoms with Gasteiger partial charge in [0.25, 0.3) is 5.91 Å². The summed E-state index contributed by atoms with van der Waals surface area (Å²) in [7, 11) is 0. The number of hydrogen-bond acceptors (Lipinski definition) is 5. The largest absolute Gasteiger partial charge is 0.336 e. The minimum Gasteiger partial charge on any atom is -0.336 e. The molecule has 1 amide bonds. The lowest BCUT2D eigenvalue weighted by atomic mass is 10.1. The lowest BCUT2D eigenvalue weighted by Gasteiger charge is -2.34. The number of aromatic nitrogens is 4. The minimum absolute atomic E-state index is 0.0739. The summed E-state index contributed by atoms with van der Waals surface area (Å²) in [6.07, 6.45) is 4.34. The summed E-state index contributed by atoms with van der Waals surface area (Å²) in [5, 5.41) is 12.5. The fourth-order valence-corrected chi connectivity index (χ4v) is 3.54. The minimum atomic E-state index is 0.0739. The predicted molar refractivity (Wildman–Crippen MR) is 121 cm³/mol. The van der Waals surface area contributed by atoms with Gasteiger partial charge in [0.15, 0.2) is 0 Å². The van der Waals surface area contributed by atoms with E-state index in [0.29, 0.717) is 11.4 Å². The van der Waals surface area contributed by atoms with Gasteiger partial charge in [-0.15, -0.1) is 10.2 Å². The molecule has 1 aromatic heterocycles. The van der Waals surface area contributed by atoms with Crippen LogP contribution < -0.4 is 0 Å². The molecule has 0 saturated carbocycles. The molecule has 2 heterocycles. The summed E-state index contributed by atoms with van der Waals surface area (Å²) in [5.74, 6) is 0.648. The molecule has 160 valence electrons. The van der Waals surface area contributed by atoms with E-state index in [4.69, 9.17) is 0 Å². The van der Waals surface area contributed by atoms with Crippen LogP contribution in [-0.2, 0) is 0 Å². The molecular formula is C24H28N6O. The highest BCUT2D eigenvalue weighted by Gasteiger charge is 2.21. The molecule has 0 atom stereocenters. The Kier molecular flexibility index (Phi) is 6.52. The number of piperazine rings is 1. The molecular weight excluding hydrogens is 388 g/mol. The first-order chi connectivity index (χ1) is 15.1. The van der Waals surface area contributed by atoms with Crippen molar-refractivity contribution >= 4 is 12.0 Å². The monoisotopic (exact) mass is 416 g/mol. The highest BCUT2D eigenvalue weighted by molar-refractivity contribution is 5.94. The summed E-state index contributed by atoms with van der Waals surface area (Å²) in [6.45, 7) is 8.15. The summed E-state index contributed by atoms with van der Waals surface area (Å²) < 4.78 is 0. The third-order valence-electron chi connectivity index (χ3n) is 5.41. The topological polar surface area (TPSA) is 67.2 Å². The maximum atomic E-state index is 12.9. The number of carbonyl (C=O) groups is 1. The van der Waals surface area contributed by atoms with Crippen LogP contribution in [0.1, 0.15) is 35.8 Å². The molecule has 3 aromatic rings. The quantitative estimate of drug-likeness (QED) is 0.616. The molecule has 0 radical (unpaired) electrons. The predicted octanol–water partition coefficient (Wildman–Crippen LogP) is 3.39. The van der Waals surface area contributed by atoms with Crippen LogP contribution >= 0.6 is 0 Å². The second-order valence-corrected chi connectivity index (χ2v) is 8.01. The van der Waals surface area contributed by atoms with E-state index < -0.39 is 0 Å².